The van der Waals surface area contributed by atoms with Gasteiger partial charge < -0.3 is 4.98 Å². The Balaban J connectivity index is 1.72. The van der Waals surface area contributed by atoms with Crippen LogP contribution in [-0.2, 0) is 0 Å². The van der Waals surface area contributed by atoms with E-state index in [2.05, 4.69) is 102 Å². The van der Waals surface area contributed by atoms with Crippen molar-refractivity contribution in [2.75, 3.05) is 0 Å². The second kappa shape index (κ2) is 5.94. The normalized spacial score (nSPS) is 12.0. The molecule has 5 aromatic carbocycles. The predicted octanol–water partition coefficient (Wildman–Crippen LogP) is 8.51. The van der Waals surface area contributed by atoms with Crippen LogP contribution in [0.15, 0.2) is 97.1 Å². The number of hydrogen-bond donors (Lipinski definition) is 1. The summed E-state index contributed by atoms with van der Waals surface area (Å²) in [4.78, 5) is 3.72. The maximum atomic E-state index is 3.72. The molecule has 0 amide bonds. The van der Waals surface area contributed by atoms with Gasteiger partial charge in [-0.3, -0.25) is 0 Å². The first-order valence-electron chi connectivity index (χ1n) is 10.2. The Bertz CT molecular complexity index is 1740. The van der Waals surface area contributed by atoms with E-state index in [-0.39, 0.29) is 0 Å². The fourth-order valence-corrected chi connectivity index (χ4v) is 6.14. The molecular formula is C28H17NS. The van der Waals surface area contributed by atoms with Crippen LogP contribution >= 0.6 is 11.3 Å². The van der Waals surface area contributed by atoms with Crippen LogP contribution in [-0.4, -0.2) is 4.98 Å². The van der Waals surface area contributed by atoms with Crippen molar-refractivity contribution in [3.05, 3.63) is 97.1 Å². The minimum Gasteiger partial charge on any atom is -0.354 e. The van der Waals surface area contributed by atoms with E-state index in [1.807, 2.05) is 11.3 Å². The molecule has 7 aromatic rings. The Morgan fingerprint density at radius 2 is 1.27 bits per heavy atom. The summed E-state index contributed by atoms with van der Waals surface area (Å²) < 4.78 is 2.72. The molecule has 0 saturated carbocycles. The van der Waals surface area contributed by atoms with Crippen LogP contribution < -0.4 is 0 Å². The predicted molar refractivity (Wildman–Crippen MR) is 132 cm³/mol. The zero-order valence-corrected chi connectivity index (χ0v) is 17.0. The highest BCUT2D eigenvalue weighted by Gasteiger charge is 2.16. The molecule has 2 heterocycles. The second-order valence-electron chi connectivity index (χ2n) is 7.85. The SMILES string of the molecule is c1ccc(-c2cc3[nH]c4ccc5c6ccccc6sc5c4c3c3ccccc23)cc1. The van der Waals surface area contributed by atoms with Crippen molar-refractivity contribution in [3.63, 3.8) is 0 Å². The van der Waals surface area contributed by atoms with Crippen molar-refractivity contribution in [3.8, 4) is 11.1 Å². The fraction of sp³-hybridized carbons (Fsp3) is 0. The average molecular weight is 400 g/mol. The van der Waals surface area contributed by atoms with Crippen LogP contribution in [0.5, 0.6) is 0 Å². The molecule has 0 aliphatic rings. The maximum absolute atomic E-state index is 3.72. The topological polar surface area (TPSA) is 15.8 Å². The number of aromatic amines is 1. The maximum Gasteiger partial charge on any atom is 0.0479 e. The zero-order valence-electron chi connectivity index (χ0n) is 16.1. The van der Waals surface area contributed by atoms with E-state index >= 15 is 0 Å². The third-order valence-electron chi connectivity index (χ3n) is 6.20. The molecule has 1 nitrogen and oxygen atoms in total. The number of fused-ring (bicyclic) bond motifs is 9. The van der Waals surface area contributed by atoms with Gasteiger partial charge in [0.1, 0.15) is 0 Å². The van der Waals surface area contributed by atoms with Crippen LogP contribution in [0, 0.1) is 0 Å². The van der Waals surface area contributed by atoms with Gasteiger partial charge in [-0.2, -0.15) is 0 Å². The average Bonchev–Trinajstić information content (AvgIpc) is 3.37. The molecule has 30 heavy (non-hydrogen) atoms. The molecule has 140 valence electrons. The molecule has 2 aromatic heterocycles. The van der Waals surface area contributed by atoms with E-state index < -0.39 is 0 Å². The molecule has 0 atom stereocenters. The Morgan fingerprint density at radius 1 is 0.533 bits per heavy atom. The molecule has 0 fully saturated rings. The number of aromatic nitrogens is 1. The van der Waals surface area contributed by atoms with Gasteiger partial charge in [0.2, 0.25) is 0 Å². The summed E-state index contributed by atoms with van der Waals surface area (Å²) >= 11 is 1.90. The quantitative estimate of drug-likeness (QED) is 0.285. The minimum atomic E-state index is 1.20. The van der Waals surface area contributed by atoms with Gasteiger partial charge in [0.05, 0.1) is 0 Å². The van der Waals surface area contributed by atoms with Crippen LogP contribution in [0.1, 0.15) is 0 Å². The largest absolute Gasteiger partial charge is 0.354 e. The van der Waals surface area contributed by atoms with Crippen LogP contribution in [0.4, 0.5) is 0 Å². The van der Waals surface area contributed by atoms with E-state index in [1.54, 1.807) is 0 Å². The second-order valence-corrected chi connectivity index (χ2v) is 8.90. The zero-order chi connectivity index (χ0) is 19.7. The van der Waals surface area contributed by atoms with Gasteiger partial charge in [0.25, 0.3) is 0 Å². The first-order chi connectivity index (χ1) is 14.9. The first-order valence-corrected chi connectivity index (χ1v) is 11.0. The monoisotopic (exact) mass is 399 g/mol. The van der Waals surface area contributed by atoms with Crippen LogP contribution in [0.2, 0.25) is 0 Å². The third kappa shape index (κ3) is 2.11. The number of thiophene rings is 1. The number of benzene rings is 5. The Morgan fingerprint density at radius 3 is 2.13 bits per heavy atom. The summed E-state index contributed by atoms with van der Waals surface area (Å²) in [7, 11) is 0. The van der Waals surface area contributed by atoms with Gasteiger partial charge in [-0.25, -0.2) is 0 Å². The Kier molecular flexibility index (Phi) is 3.21. The summed E-state index contributed by atoms with van der Waals surface area (Å²) in [6.45, 7) is 0. The van der Waals surface area contributed by atoms with Crippen LogP contribution in [0.3, 0.4) is 0 Å². The lowest BCUT2D eigenvalue weighted by atomic mass is 9.94. The summed E-state index contributed by atoms with van der Waals surface area (Å²) in [6.07, 6.45) is 0. The van der Waals surface area contributed by atoms with Crippen LogP contribution in [0.25, 0.3) is 63.9 Å². The molecule has 7 rings (SSSR count). The van der Waals surface area contributed by atoms with Gasteiger partial charge in [-0.15, -0.1) is 11.3 Å². The number of hydrogen-bond acceptors (Lipinski definition) is 1. The highest BCUT2D eigenvalue weighted by molar-refractivity contribution is 7.26. The smallest absolute Gasteiger partial charge is 0.0479 e. The van der Waals surface area contributed by atoms with Crippen molar-refractivity contribution in [1.29, 1.82) is 0 Å². The summed E-state index contributed by atoms with van der Waals surface area (Å²) in [5.41, 5.74) is 4.94. The Labute approximate surface area is 177 Å². The summed E-state index contributed by atoms with van der Waals surface area (Å²) in [6, 6.07) is 35.1. The van der Waals surface area contributed by atoms with Gasteiger partial charge in [0, 0.05) is 42.0 Å². The molecule has 0 spiro atoms. The highest BCUT2D eigenvalue weighted by atomic mass is 32.1. The molecule has 2 heteroatoms. The van der Waals surface area contributed by atoms with Crippen molar-refractivity contribution in [2.45, 2.75) is 0 Å². The minimum absolute atomic E-state index is 1.20. The lowest BCUT2D eigenvalue weighted by Crippen LogP contribution is -1.83. The summed E-state index contributed by atoms with van der Waals surface area (Å²) in [5, 5.41) is 7.98. The van der Waals surface area contributed by atoms with Crippen molar-refractivity contribution in [2.24, 2.45) is 0 Å². The molecule has 0 aliphatic heterocycles. The molecule has 0 radical (unpaired) electrons. The fourth-order valence-electron chi connectivity index (χ4n) is 4.89. The molecular weight excluding hydrogens is 382 g/mol. The lowest BCUT2D eigenvalue weighted by molar-refractivity contribution is 1.55. The van der Waals surface area contributed by atoms with Gasteiger partial charge >= 0.3 is 0 Å². The lowest BCUT2D eigenvalue weighted by Gasteiger charge is -2.09. The third-order valence-corrected chi connectivity index (χ3v) is 7.40. The highest BCUT2D eigenvalue weighted by Crippen LogP contribution is 2.44. The van der Waals surface area contributed by atoms with Crippen molar-refractivity contribution < 1.29 is 0 Å². The molecule has 0 bridgehead atoms. The summed E-state index contributed by atoms with van der Waals surface area (Å²) in [5.74, 6) is 0. The van der Waals surface area contributed by atoms with Crippen molar-refractivity contribution >= 4 is 64.1 Å². The van der Waals surface area contributed by atoms with E-state index in [0.717, 1.165) is 0 Å². The van der Waals surface area contributed by atoms with E-state index in [0.29, 0.717) is 0 Å². The number of rotatable bonds is 1. The van der Waals surface area contributed by atoms with Gasteiger partial charge in [-0.1, -0.05) is 78.9 Å². The molecule has 0 aliphatic carbocycles. The van der Waals surface area contributed by atoms with E-state index in [4.69, 9.17) is 0 Å². The standard InChI is InChI=1S/C28H17NS/c1-2-8-17(9-3-1)22-16-24-26(20-12-5-4-10-18(20)22)27-23(29-24)15-14-21-19-11-6-7-13-25(19)30-28(21)27/h1-16,29H. The van der Waals surface area contributed by atoms with Gasteiger partial charge in [0.15, 0.2) is 0 Å². The Hall–Kier alpha value is -3.62. The first kappa shape index (κ1) is 16.2. The van der Waals surface area contributed by atoms with E-state index in [1.165, 1.54) is 63.9 Å². The number of H-pyrrole nitrogens is 1. The molecule has 0 saturated heterocycles. The van der Waals surface area contributed by atoms with E-state index in [9.17, 15) is 0 Å². The molecule has 1 N–H and O–H groups in total. The molecule has 0 unspecified atom stereocenters. The van der Waals surface area contributed by atoms with Gasteiger partial charge in [-0.05, 0) is 40.1 Å². The number of nitrogens with one attached hydrogen (secondary N) is 1. The van der Waals surface area contributed by atoms with Crippen molar-refractivity contribution in [1.82, 2.24) is 4.98 Å².